The van der Waals surface area contributed by atoms with E-state index in [9.17, 15) is 14.4 Å². The maximum Gasteiger partial charge on any atom is 0.408 e. The number of amides is 3. The van der Waals surface area contributed by atoms with Crippen LogP contribution < -0.4 is 10.6 Å². The van der Waals surface area contributed by atoms with E-state index in [0.717, 1.165) is 48.8 Å². The minimum absolute atomic E-state index is 0.0152. The first-order chi connectivity index (χ1) is 17.7. The van der Waals surface area contributed by atoms with Crippen LogP contribution in [-0.4, -0.2) is 47.0 Å². The first-order valence-corrected chi connectivity index (χ1v) is 14.4. The summed E-state index contributed by atoms with van der Waals surface area (Å²) in [6.07, 6.45) is 4.54. The van der Waals surface area contributed by atoms with Gasteiger partial charge in [0.1, 0.15) is 17.7 Å². The third-order valence-electron chi connectivity index (χ3n) is 6.83. The standard InChI is InChI=1S/C31H53N3O4/c1-11-14-15-19-34(29(36)26(22(5)13-3)33-30(37)38-31(8,9)10)27(28(35)32-24(7)16-12-2)25-18-17-21(4)20-23(25)6/h17-18,20,22,24,26-27H,11-16,19H2,1-10H3,(H,32,35)(H,33,37). The Balaban J connectivity index is 3.59. The fourth-order valence-electron chi connectivity index (χ4n) is 4.60. The van der Waals surface area contributed by atoms with Crippen LogP contribution in [0.5, 0.6) is 0 Å². The molecule has 0 saturated heterocycles. The number of aryl methyl sites for hydroxylation is 2. The third-order valence-corrected chi connectivity index (χ3v) is 6.83. The van der Waals surface area contributed by atoms with Crippen LogP contribution in [0.3, 0.4) is 0 Å². The van der Waals surface area contributed by atoms with Gasteiger partial charge in [0.15, 0.2) is 0 Å². The molecule has 0 saturated carbocycles. The van der Waals surface area contributed by atoms with E-state index >= 15 is 0 Å². The quantitative estimate of drug-likeness (QED) is 0.265. The molecule has 38 heavy (non-hydrogen) atoms. The Hall–Kier alpha value is -2.57. The Morgan fingerprint density at radius 2 is 1.63 bits per heavy atom. The second kappa shape index (κ2) is 15.7. The first-order valence-electron chi connectivity index (χ1n) is 14.4. The Bertz CT molecular complexity index is 909. The molecule has 2 N–H and O–H groups in total. The number of alkyl carbamates (subject to hydrolysis) is 1. The third kappa shape index (κ3) is 10.7. The number of unbranched alkanes of at least 4 members (excludes halogenated alkanes) is 2. The molecule has 0 aromatic heterocycles. The number of carbonyl (C=O) groups excluding carboxylic acids is 3. The molecule has 0 aliphatic heterocycles. The monoisotopic (exact) mass is 531 g/mol. The summed E-state index contributed by atoms with van der Waals surface area (Å²) in [5.41, 5.74) is 2.17. The van der Waals surface area contributed by atoms with Gasteiger partial charge in [0, 0.05) is 12.6 Å². The molecule has 7 nitrogen and oxygen atoms in total. The summed E-state index contributed by atoms with van der Waals surface area (Å²) in [4.78, 5) is 42.7. The molecular weight excluding hydrogens is 478 g/mol. The zero-order chi connectivity index (χ0) is 29.0. The van der Waals surface area contributed by atoms with E-state index in [1.807, 2.05) is 52.8 Å². The molecule has 7 heteroatoms. The van der Waals surface area contributed by atoms with Gasteiger partial charge >= 0.3 is 6.09 Å². The van der Waals surface area contributed by atoms with Gasteiger partial charge in [-0.2, -0.15) is 0 Å². The summed E-state index contributed by atoms with van der Waals surface area (Å²) in [5.74, 6) is -0.599. The van der Waals surface area contributed by atoms with Crippen molar-refractivity contribution in [2.75, 3.05) is 6.54 Å². The topological polar surface area (TPSA) is 87.7 Å². The molecule has 4 atom stereocenters. The Kier molecular flexibility index (Phi) is 13.9. The largest absolute Gasteiger partial charge is 0.444 e. The van der Waals surface area contributed by atoms with Crippen molar-refractivity contribution < 1.29 is 19.1 Å². The number of nitrogens with one attached hydrogen (secondary N) is 2. The van der Waals surface area contributed by atoms with E-state index in [0.29, 0.717) is 13.0 Å². The van der Waals surface area contributed by atoms with Gasteiger partial charge in [-0.05, 0) is 71.4 Å². The minimum atomic E-state index is -0.814. The predicted molar refractivity (Wildman–Crippen MR) is 155 cm³/mol. The average Bonchev–Trinajstić information content (AvgIpc) is 2.81. The van der Waals surface area contributed by atoms with Crippen molar-refractivity contribution in [3.05, 3.63) is 34.9 Å². The predicted octanol–water partition coefficient (Wildman–Crippen LogP) is 6.61. The van der Waals surface area contributed by atoms with Crippen LogP contribution in [0, 0.1) is 19.8 Å². The Labute approximate surface area is 231 Å². The lowest BCUT2D eigenvalue weighted by Crippen LogP contribution is -2.56. The maximum absolute atomic E-state index is 14.3. The van der Waals surface area contributed by atoms with Gasteiger partial charge in [0.2, 0.25) is 11.8 Å². The lowest BCUT2D eigenvalue weighted by molar-refractivity contribution is -0.143. The molecule has 216 valence electrons. The van der Waals surface area contributed by atoms with Crippen molar-refractivity contribution in [2.45, 2.75) is 131 Å². The molecule has 1 rings (SSSR count). The van der Waals surface area contributed by atoms with Crippen molar-refractivity contribution in [3.8, 4) is 0 Å². The van der Waals surface area contributed by atoms with Crippen LogP contribution >= 0.6 is 0 Å². The zero-order valence-electron chi connectivity index (χ0n) is 25.6. The van der Waals surface area contributed by atoms with Gasteiger partial charge in [-0.3, -0.25) is 9.59 Å². The SMILES string of the molecule is CCCCCN(C(=O)C(NC(=O)OC(C)(C)C)C(C)CC)C(C(=O)NC(C)CCC)c1ccc(C)cc1C. The number of ether oxygens (including phenoxy) is 1. The van der Waals surface area contributed by atoms with Gasteiger partial charge < -0.3 is 20.3 Å². The number of hydrogen-bond donors (Lipinski definition) is 2. The Morgan fingerprint density at radius 3 is 2.16 bits per heavy atom. The fourth-order valence-corrected chi connectivity index (χ4v) is 4.60. The van der Waals surface area contributed by atoms with Crippen molar-refractivity contribution in [1.82, 2.24) is 15.5 Å². The van der Waals surface area contributed by atoms with Crippen molar-refractivity contribution in [1.29, 1.82) is 0 Å². The highest BCUT2D eigenvalue weighted by atomic mass is 16.6. The van der Waals surface area contributed by atoms with E-state index < -0.39 is 23.8 Å². The van der Waals surface area contributed by atoms with Gasteiger partial charge in [0.25, 0.3) is 0 Å². The molecule has 0 heterocycles. The van der Waals surface area contributed by atoms with Crippen molar-refractivity contribution in [3.63, 3.8) is 0 Å². The highest BCUT2D eigenvalue weighted by Crippen LogP contribution is 2.28. The van der Waals surface area contributed by atoms with E-state index in [4.69, 9.17) is 4.74 Å². The van der Waals surface area contributed by atoms with Gasteiger partial charge in [-0.1, -0.05) is 77.1 Å². The molecule has 3 amide bonds. The lowest BCUT2D eigenvalue weighted by Gasteiger charge is -2.37. The van der Waals surface area contributed by atoms with Crippen LogP contribution in [0.2, 0.25) is 0 Å². The van der Waals surface area contributed by atoms with Crippen LogP contribution in [0.4, 0.5) is 4.79 Å². The number of benzene rings is 1. The molecule has 0 fully saturated rings. The zero-order valence-corrected chi connectivity index (χ0v) is 25.6. The molecule has 0 radical (unpaired) electrons. The summed E-state index contributed by atoms with van der Waals surface area (Å²) in [6.45, 7) is 19.9. The summed E-state index contributed by atoms with van der Waals surface area (Å²) in [6, 6.07) is 4.36. The summed E-state index contributed by atoms with van der Waals surface area (Å²) >= 11 is 0. The number of rotatable bonds is 14. The summed E-state index contributed by atoms with van der Waals surface area (Å²) in [7, 11) is 0. The molecular formula is C31H53N3O4. The minimum Gasteiger partial charge on any atom is -0.444 e. The van der Waals surface area contributed by atoms with E-state index in [-0.39, 0.29) is 23.8 Å². The molecule has 0 spiro atoms. The maximum atomic E-state index is 14.3. The van der Waals surface area contributed by atoms with Gasteiger partial charge in [-0.15, -0.1) is 0 Å². The van der Waals surface area contributed by atoms with Crippen LogP contribution in [-0.2, 0) is 14.3 Å². The highest BCUT2D eigenvalue weighted by Gasteiger charge is 2.38. The van der Waals surface area contributed by atoms with Crippen LogP contribution in [0.1, 0.15) is 117 Å². The molecule has 4 unspecified atom stereocenters. The number of hydrogen-bond acceptors (Lipinski definition) is 4. The molecule has 0 bridgehead atoms. The lowest BCUT2D eigenvalue weighted by atomic mass is 9.93. The first kappa shape index (κ1) is 33.5. The second-order valence-corrected chi connectivity index (χ2v) is 11.7. The van der Waals surface area contributed by atoms with E-state index in [2.05, 4.69) is 24.5 Å². The second-order valence-electron chi connectivity index (χ2n) is 11.7. The van der Waals surface area contributed by atoms with Crippen molar-refractivity contribution >= 4 is 17.9 Å². The van der Waals surface area contributed by atoms with Crippen LogP contribution in [0.15, 0.2) is 18.2 Å². The van der Waals surface area contributed by atoms with Crippen molar-refractivity contribution in [2.24, 2.45) is 5.92 Å². The van der Waals surface area contributed by atoms with Gasteiger partial charge in [-0.25, -0.2) is 4.79 Å². The van der Waals surface area contributed by atoms with E-state index in [1.165, 1.54) is 0 Å². The smallest absolute Gasteiger partial charge is 0.408 e. The molecule has 0 aliphatic rings. The highest BCUT2D eigenvalue weighted by molar-refractivity contribution is 5.92. The molecule has 1 aromatic rings. The molecule has 0 aliphatic carbocycles. The van der Waals surface area contributed by atoms with Gasteiger partial charge in [0.05, 0.1) is 0 Å². The molecule has 1 aromatic carbocycles. The Morgan fingerprint density at radius 1 is 0.974 bits per heavy atom. The number of carbonyl (C=O) groups is 3. The summed E-state index contributed by atoms with van der Waals surface area (Å²) < 4.78 is 5.50. The number of nitrogens with zero attached hydrogens (tertiary/aromatic N) is 1. The van der Waals surface area contributed by atoms with Crippen LogP contribution in [0.25, 0.3) is 0 Å². The summed E-state index contributed by atoms with van der Waals surface area (Å²) in [5, 5.41) is 6.00. The average molecular weight is 532 g/mol. The fraction of sp³-hybridized carbons (Fsp3) is 0.710. The normalized spacial score (nSPS) is 14.7. The van der Waals surface area contributed by atoms with E-state index in [1.54, 1.807) is 25.7 Å².